The number of carbonyl (C=O) groups excluding carboxylic acids is 1. The van der Waals surface area contributed by atoms with Gasteiger partial charge in [0.15, 0.2) is 5.82 Å². The fourth-order valence-corrected chi connectivity index (χ4v) is 2.48. The Bertz CT molecular complexity index is 602. The summed E-state index contributed by atoms with van der Waals surface area (Å²) in [6.07, 6.45) is 7.65. The number of aryl methyl sites for hydroxylation is 2. The normalized spacial score (nSPS) is 17.6. The maximum atomic E-state index is 11.8. The van der Waals surface area contributed by atoms with Gasteiger partial charge < -0.3 is 9.88 Å². The van der Waals surface area contributed by atoms with E-state index in [1.165, 1.54) is 0 Å². The molecule has 2 amide bonds. The largest absolute Gasteiger partial charge is 0.337 e. The van der Waals surface area contributed by atoms with E-state index in [0.717, 1.165) is 25.2 Å². The van der Waals surface area contributed by atoms with Crippen LogP contribution in [0.15, 0.2) is 24.7 Å². The van der Waals surface area contributed by atoms with E-state index in [4.69, 9.17) is 0 Å². The second kappa shape index (κ2) is 5.36. The number of fused-ring (bicyclic) bond motifs is 1. The Hall–Kier alpha value is -2.31. The summed E-state index contributed by atoms with van der Waals surface area (Å²) in [6, 6.07) is 1.55. The molecule has 1 atom stereocenters. The van der Waals surface area contributed by atoms with Gasteiger partial charge >= 0.3 is 6.03 Å². The Balaban J connectivity index is 1.47. The van der Waals surface area contributed by atoms with E-state index in [0.29, 0.717) is 18.3 Å². The van der Waals surface area contributed by atoms with Crippen LogP contribution in [0.5, 0.6) is 0 Å². The summed E-state index contributed by atoms with van der Waals surface area (Å²) in [5.74, 6) is 2.15. The molecule has 0 saturated heterocycles. The van der Waals surface area contributed by atoms with Gasteiger partial charge in [-0.25, -0.2) is 9.78 Å². The SMILES string of the molecule is Cn1ccc(NC(=O)NC[C@@H]2CCc3nccn3C2)n1. The summed E-state index contributed by atoms with van der Waals surface area (Å²) in [7, 11) is 1.81. The molecule has 0 fully saturated rings. The van der Waals surface area contributed by atoms with E-state index in [2.05, 4.69) is 25.3 Å². The Kier molecular flexibility index (Phi) is 3.41. The van der Waals surface area contributed by atoms with Crippen molar-refractivity contribution in [1.82, 2.24) is 24.6 Å². The second-order valence-corrected chi connectivity index (χ2v) is 5.11. The first-order chi connectivity index (χ1) is 9.70. The van der Waals surface area contributed by atoms with Crippen LogP contribution < -0.4 is 10.6 Å². The maximum Gasteiger partial charge on any atom is 0.320 e. The number of urea groups is 1. The lowest BCUT2D eigenvalue weighted by molar-refractivity contribution is 0.247. The summed E-state index contributed by atoms with van der Waals surface area (Å²) in [4.78, 5) is 16.1. The average molecular weight is 274 g/mol. The number of anilines is 1. The van der Waals surface area contributed by atoms with E-state index < -0.39 is 0 Å². The third-order valence-electron chi connectivity index (χ3n) is 3.54. The molecule has 0 unspecified atom stereocenters. The van der Waals surface area contributed by atoms with Crippen LogP contribution in [0.4, 0.5) is 10.6 Å². The molecular weight excluding hydrogens is 256 g/mol. The third kappa shape index (κ3) is 2.81. The lowest BCUT2D eigenvalue weighted by Gasteiger charge is -2.23. The predicted octanol–water partition coefficient (Wildman–Crippen LogP) is 1.00. The van der Waals surface area contributed by atoms with Crippen LogP contribution >= 0.6 is 0 Å². The Morgan fingerprint density at radius 1 is 1.50 bits per heavy atom. The van der Waals surface area contributed by atoms with Crippen LogP contribution in [0, 0.1) is 5.92 Å². The van der Waals surface area contributed by atoms with Crippen molar-refractivity contribution in [3.63, 3.8) is 0 Å². The maximum absolute atomic E-state index is 11.8. The van der Waals surface area contributed by atoms with Crippen molar-refractivity contribution in [2.45, 2.75) is 19.4 Å². The molecule has 106 valence electrons. The van der Waals surface area contributed by atoms with Crippen LogP contribution in [0.25, 0.3) is 0 Å². The first kappa shape index (κ1) is 12.7. The van der Waals surface area contributed by atoms with Gasteiger partial charge in [0.05, 0.1) is 0 Å². The van der Waals surface area contributed by atoms with Crippen LogP contribution in [0.2, 0.25) is 0 Å². The predicted molar refractivity (Wildman–Crippen MR) is 74.3 cm³/mol. The topological polar surface area (TPSA) is 76.8 Å². The van der Waals surface area contributed by atoms with E-state index in [9.17, 15) is 4.79 Å². The van der Waals surface area contributed by atoms with Crippen molar-refractivity contribution < 1.29 is 4.79 Å². The van der Waals surface area contributed by atoms with Gasteiger partial charge in [0.25, 0.3) is 0 Å². The molecule has 0 aromatic carbocycles. The lowest BCUT2D eigenvalue weighted by Crippen LogP contribution is -2.36. The highest BCUT2D eigenvalue weighted by molar-refractivity contribution is 5.88. The number of hydrogen-bond acceptors (Lipinski definition) is 3. The fraction of sp³-hybridized carbons (Fsp3) is 0.462. The van der Waals surface area contributed by atoms with Crippen LogP contribution in [-0.2, 0) is 20.0 Å². The molecule has 1 aliphatic heterocycles. The fourth-order valence-electron chi connectivity index (χ4n) is 2.48. The zero-order valence-corrected chi connectivity index (χ0v) is 11.4. The van der Waals surface area contributed by atoms with Gasteiger partial charge in [-0.3, -0.25) is 10.00 Å². The van der Waals surface area contributed by atoms with Crippen molar-refractivity contribution in [2.75, 3.05) is 11.9 Å². The summed E-state index contributed by atoms with van der Waals surface area (Å²) in [6.45, 7) is 1.58. The Morgan fingerprint density at radius 2 is 2.40 bits per heavy atom. The van der Waals surface area contributed by atoms with Crippen LogP contribution in [-0.4, -0.2) is 31.9 Å². The van der Waals surface area contributed by atoms with Crippen molar-refractivity contribution in [2.24, 2.45) is 13.0 Å². The van der Waals surface area contributed by atoms with Gasteiger partial charge in [-0.05, 0) is 12.3 Å². The monoisotopic (exact) mass is 274 g/mol. The Labute approximate surface area is 117 Å². The minimum Gasteiger partial charge on any atom is -0.337 e. The van der Waals surface area contributed by atoms with Gasteiger partial charge in [0, 0.05) is 51.2 Å². The molecule has 0 bridgehead atoms. The van der Waals surface area contributed by atoms with Gasteiger partial charge in [-0.2, -0.15) is 5.10 Å². The molecule has 0 aliphatic carbocycles. The second-order valence-electron chi connectivity index (χ2n) is 5.11. The highest BCUT2D eigenvalue weighted by Gasteiger charge is 2.19. The number of nitrogens with one attached hydrogen (secondary N) is 2. The Morgan fingerprint density at radius 3 is 3.20 bits per heavy atom. The standard InChI is InChI=1S/C13H18N6O/c1-18-6-4-11(17-18)16-13(20)15-8-10-2-3-12-14-5-7-19(12)9-10/h4-7,10H,2-3,8-9H2,1H3,(H2,15,16,17,20)/t10-/m0/s1. The van der Waals surface area contributed by atoms with Gasteiger partial charge in [-0.15, -0.1) is 0 Å². The molecule has 3 heterocycles. The first-order valence-corrected chi connectivity index (χ1v) is 6.75. The molecule has 1 aliphatic rings. The molecule has 7 nitrogen and oxygen atoms in total. The average Bonchev–Trinajstić information content (AvgIpc) is 3.04. The molecule has 7 heteroatoms. The van der Waals surface area contributed by atoms with Gasteiger partial charge in [0.1, 0.15) is 5.82 Å². The quantitative estimate of drug-likeness (QED) is 0.876. The van der Waals surface area contributed by atoms with E-state index >= 15 is 0 Å². The number of amides is 2. The summed E-state index contributed by atoms with van der Waals surface area (Å²) in [5.41, 5.74) is 0. The highest BCUT2D eigenvalue weighted by atomic mass is 16.2. The molecular formula is C13H18N6O. The lowest BCUT2D eigenvalue weighted by atomic mass is 9.99. The van der Waals surface area contributed by atoms with Gasteiger partial charge in [0.2, 0.25) is 0 Å². The van der Waals surface area contributed by atoms with Crippen molar-refractivity contribution in [3.8, 4) is 0 Å². The molecule has 0 spiro atoms. The van der Waals surface area contributed by atoms with Crippen LogP contribution in [0.3, 0.4) is 0 Å². The van der Waals surface area contributed by atoms with Crippen molar-refractivity contribution in [3.05, 3.63) is 30.5 Å². The zero-order chi connectivity index (χ0) is 13.9. The van der Waals surface area contributed by atoms with E-state index in [-0.39, 0.29) is 6.03 Å². The van der Waals surface area contributed by atoms with Gasteiger partial charge in [-0.1, -0.05) is 0 Å². The molecule has 2 N–H and O–H groups in total. The summed E-state index contributed by atoms with van der Waals surface area (Å²) >= 11 is 0. The van der Waals surface area contributed by atoms with E-state index in [1.807, 2.05) is 19.4 Å². The van der Waals surface area contributed by atoms with Crippen LogP contribution in [0.1, 0.15) is 12.2 Å². The first-order valence-electron chi connectivity index (χ1n) is 6.75. The minimum absolute atomic E-state index is 0.208. The van der Waals surface area contributed by atoms with E-state index in [1.54, 1.807) is 16.9 Å². The molecule has 3 rings (SSSR count). The molecule has 0 radical (unpaired) electrons. The zero-order valence-electron chi connectivity index (χ0n) is 11.4. The van der Waals surface area contributed by atoms with Crippen molar-refractivity contribution >= 4 is 11.8 Å². The summed E-state index contributed by atoms with van der Waals surface area (Å²) in [5, 5.41) is 9.72. The molecule has 0 saturated carbocycles. The third-order valence-corrected chi connectivity index (χ3v) is 3.54. The number of hydrogen-bond donors (Lipinski definition) is 2. The highest BCUT2D eigenvalue weighted by Crippen LogP contribution is 2.17. The number of imidazole rings is 1. The molecule has 20 heavy (non-hydrogen) atoms. The molecule has 2 aromatic rings. The summed E-state index contributed by atoms with van der Waals surface area (Å²) < 4.78 is 3.81. The number of rotatable bonds is 3. The molecule has 2 aromatic heterocycles. The number of aromatic nitrogens is 4. The number of carbonyl (C=O) groups is 1. The number of nitrogens with zero attached hydrogens (tertiary/aromatic N) is 4. The van der Waals surface area contributed by atoms with Crippen molar-refractivity contribution in [1.29, 1.82) is 0 Å². The minimum atomic E-state index is -0.208. The smallest absolute Gasteiger partial charge is 0.320 e.